The number of amides is 1. The lowest BCUT2D eigenvalue weighted by atomic mass is 9.85. The quantitative estimate of drug-likeness (QED) is 0.905. The number of nitrogens with one attached hydrogen (secondary N) is 1. The van der Waals surface area contributed by atoms with Gasteiger partial charge >= 0.3 is 0 Å². The molecule has 2 unspecified atom stereocenters. The number of rotatable bonds is 2. The highest BCUT2D eigenvalue weighted by Crippen LogP contribution is 2.29. The Balaban J connectivity index is 1.61. The molecule has 3 rings (SSSR count). The molecule has 0 bridgehead atoms. The molecule has 0 radical (unpaired) electrons. The number of likely N-dealkylation sites (tertiary alicyclic amines) is 1. The number of hydrogen-bond donors (Lipinski definition) is 1. The first-order valence-corrected chi connectivity index (χ1v) is 8.13. The van der Waals surface area contributed by atoms with Crippen molar-refractivity contribution in [2.45, 2.75) is 31.8 Å². The van der Waals surface area contributed by atoms with Crippen LogP contribution in [0.15, 0.2) is 15.9 Å². The highest BCUT2D eigenvalue weighted by Gasteiger charge is 2.33. The van der Waals surface area contributed by atoms with Gasteiger partial charge in [-0.3, -0.25) is 9.69 Å². The van der Waals surface area contributed by atoms with E-state index >= 15 is 0 Å². The first kappa shape index (κ1) is 12.6. The van der Waals surface area contributed by atoms with Gasteiger partial charge in [-0.1, -0.05) is 0 Å². The van der Waals surface area contributed by atoms with Crippen LogP contribution in [0, 0.1) is 5.92 Å². The molecule has 0 saturated carbocycles. The second kappa shape index (κ2) is 5.31. The van der Waals surface area contributed by atoms with Crippen LogP contribution in [0.2, 0.25) is 0 Å². The van der Waals surface area contributed by atoms with Gasteiger partial charge in [-0.2, -0.15) is 0 Å². The summed E-state index contributed by atoms with van der Waals surface area (Å²) < 4.78 is 1.23. The molecule has 0 aliphatic carbocycles. The molecular weight excluding hydrogens is 312 g/mol. The summed E-state index contributed by atoms with van der Waals surface area (Å²) in [6.07, 6.45) is 2.86. The Bertz CT molecular complexity index is 448. The molecule has 0 spiro atoms. The van der Waals surface area contributed by atoms with Gasteiger partial charge in [0.25, 0.3) is 0 Å². The Morgan fingerprint density at radius 2 is 2.39 bits per heavy atom. The van der Waals surface area contributed by atoms with E-state index in [-0.39, 0.29) is 5.91 Å². The minimum absolute atomic E-state index is 0.241. The number of halogens is 1. The lowest BCUT2D eigenvalue weighted by Gasteiger charge is -2.41. The molecule has 2 fully saturated rings. The van der Waals surface area contributed by atoms with Crippen LogP contribution in [0.5, 0.6) is 0 Å². The van der Waals surface area contributed by atoms with Crippen LogP contribution in [0.25, 0.3) is 0 Å². The third-order valence-electron chi connectivity index (χ3n) is 3.96. The molecule has 1 aromatic rings. The molecule has 2 aliphatic rings. The molecule has 5 heteroatoms. The van der Waals surface area contributed by atoms with E-state index in [0.29, 0.717) is 18.4 Å². The van der Waals surface area contributed by atoms with Gasteiger partial charge in [0.15, 0.2) is 0 Å². The van der Waals surface area contributed by atoms with Crippen molar-refractivity contribution < 1.29 is 4.79 Å². The number of nitrogens with zero attached hydrogens (tertiary/aromatic N) is 1. The van der Waals surface area contributed by atoms with Crippen molar-refractivity contribution in [3.05, 3.63) is 20.8 Å². The smallest absolute Gasteiger partial charge is 0.220 e. The maximum Gasteiger partial charge on any atom is 0.220 e. The predicted molar refractivity (Wildman–Crippen MR) is 76.6 cm³/mol. The largest absolute Gasteiger partial charge is 0.353 e. The Morgan fingerprint density at radius 3 is 3.17 bits per heavy atom. The molecule has 2 atom stereocenters. The zero-order chi connectivity index (χ0) is 12.5. The van der Waals surface area contributed by atoms with Crippen molar-refractivity contribution in [3.63, 3.8) is 0 Å². The minimum Gasteiger partial charge on any atom is -0.353 e. The average molecular weight is 329 g/mol. The van der Waals surface area contributed by atoms with E-state index in [9.17, 15) is 4.79 Å². The van der Waals surface area contributed by atoms with Crippen molar-refractivity contribution in [1.82, 2.24) is 10.2 Å². The number of thiophene rings is 1. The van der Waals surface area contributed by atoms with E-state index in [1.165, 1.54) is 9.35 Å². The van der Waals surface area contributed by atoms with Crippen LogP contribution in [0.4, 0.5) is 0 Å². The first-order valence-electron chi connectivity index (χ1n) is 6.46. The van der Waals surface area contributed by atoms with Crippen molar-refractivity contribution in [3.8, 4) is 0 Å². The fraction of sp³-hybridized carbons (Fsp3) is 0.615. The van der Waals surface area contributed by atoms with Crippen LogP contribution >= 0.6 is 27.3 Å². The summed E-state index contributed by atoms with van der Waals surface area (Å²) in [6.45, 7) is 3.25. The van der Waals surface area contributed by atoms with Gasteiger partial charge in [-0.05, 0) is 46.1 Å². The molecule has 18 heavy (non-hydrogen) atoms. The van der Waals surface area contributed by atoms with E-state index in [4.69, 9.17) is 0 Å². The molecule has 3 nitrogen and oxygen atoms in total. The zero-order valence-electron chi connectivity index (χ0n) is 10.2. The van der Waals surface area contributed by atoms with Crippen LogP contribution in [0.3, 0.4) is 0 Å². The maximum atomic E-state index is 11.4. The number of fused-ring (bicyclic) bond motifs is 1. The third kappa shape index (κ3) is 2.63. The van der Waals surface area contributed by atoms with E-state index in [0.717, 1.165) is 32.5 Å². The second-order valence-electron chi connectivity index (χ2n) is 5.19. The highest BCUT2D eigenvalue weighted by atomic mass is 79.9. The zero-order valence-corrected chi connectivity index (χ0v) is 12.6. The van der Waals surface area contributed by atoms with Crippen molar-refractivity contribution in [1.29, 1.82) is 0 Å². The molecule has 1 aromatic heterocycles. The second-order valence-corrected chi connectivity index (χ2v) is 7.04. The molecule has 2 aliphatic heterocycles. The number of piperidine rings is 2. The van der Waals surface area contributed by atoms with E-state index in [2.05, 4.69) is 37.6 Å². The summed E-state index contributed by atoms with van der Waals surface area (Å²) in [7, 11) is 0. The standard InChI is InChI=1S/C13H17BrN2OS/c14-10-4-6-18-12(10)8-16-5-3-11-9(7-16)1-2-13(17)15-11/h4,6,9,11H,1-3,5,7-8H2,(H,15,17). The summed E-state index contributed by atoms with van der Waals surface area (Å²) >= 11 is 5.41. The Labute approximate surface area is 120 Å². The molecule has 98 valence electrons. The van der Waals surface area contributed by atoms with Crippen LogP contribution in [0.1, 0.15) is 24.1 Å². The Hall–Kier alpha value is -0.390. The third-order valence-corrected chi connectivity index (χ3v) is 5.88. The van der Waals surface area contributed by atoms with Gasteiger partial charge < -0.3 is 5.32 Å². The Kier molecular flexibility index (Phi) is 3.73. The van der Waals surface area contributed by atoms with Gasteiger partial charge in [-0.15, -0.1) is 11.3 Å². The van der Waals surface area contributed by atoms with Gasteiger partial charge in [0.2, 0.25) is 5.91 Å². The van der Waals surface area contributed by atoms with E-state index in [1.54, 1.807) is 0 Å². The van der Waals surface area contributed by atoms with Gasteiger partial charge in [0.1, 0.15) is 0 Å². The Morgan fingerprint density at radius 1 is 1.50 bits per heavy atom. The SMILES string of the molecule is O=C1CCC2CN(Cc3sccc3Br)CCC2N1. The summed E-state index contributed by atoms with van der Waals surface area (Å²) in [5, 5.41) is 5.27. The maximum absolute atomic E-state index is 11.4. The predicted octanol–water partition coefficient (Wildman–Crippen LogP) is 2.61. The summed E-state index contributed by atoms with van der Waals surface area (Å²) in [5.74, 6) is 0.890. The van der Waals surface area contributed by atoms with Crippen molar-refractivity contribution >= 4 is 33.2 Å². The summed E-state index contributed by atoms with van der Waals surface area (Å²) in [5.41, 5.74) is 0. The molecule has 3 heterocycles. The molecule has 1 N–H and O–H groups in total. The van der Waals surface area contributed by atoms with E-state index in [1.807, 2.05) is 11.3 Å². The summed E-state index contributed by atoms with van der Waals surface area (Å²) in [6, 6.07) is 2.54. The fourth-order valence-corrected chi connectivity index (χ4v) is 4.49. The van der Waals surface area contributed by atoms with Gasteiger partial charge in [-0.25, -0.2) is 0 Å². The first-order chi connectivity index (χ1) is 8.72. The van der Waals surface area contributed by atoms with Gasteiger partial charge in [0.05, 0.1) is 0 Å². The molecular formula is C13H17BrN2OS. The highest BCUT2D eigenvalue weighted by molar-refractivity contribution is 9.10. The molecule has 1 amide bonds. The lowest BCUT2D eigenvalue weighted by Crippen LogP contribution is -2.53. The monoisotopic (exact) mass is 328 g/mol. The average Bonchev–Trinajstić information content (AvgIpc) is 2.75. The normalized spacial score (nSPS) is 28.8. The molecule has 2 saturated heterocycles. The number of hydrogen-bond acceptors (Lipinski definition) is 3. The number of carbonyl (C=O) groups excluding carboxylic acids is 1. The van der Waals surface area contributed by atoms with Crippen LogP contribution < -0.4 is 5.32 Å². The van der Waals surface area contributed by atoms with Crippen molar-refractivity contribution in [2.24, 2.45) is 5.92 Å². The van der Waals surface area contributed by atoms with Gasteiger partial charge in [0, 0.05) is 41.4 Å². The van der Waals surface area contributed by atoms with Crippen LogP contribution in [-0.2, 0) is 11.3 Å². The number of carbonyl (C=O) groups is 1. The molecule has 0 aromatic carbocycles. The minimum atomic E-state index is 0.241. The van der Waals surface area contributed by atoms with E-state index < -0.39 is 0 Å². The van der Waals surface area contributed by atoms with Crippen molar-refractivity contribution in [2.75, 3.05) is 13.1 Å². The summed E-state index contributed by atoms with van der Waals surface area (Å²) in [4.78, 5) is 15.3. The fourth-order valence-electron chi connectivity index (χ4n) is 2.97. The lowest BCUT2D eigenvalue weighted by molar-refractivity contribution is -0.125. The topological polar surface area (TPSA) is 32.3 Å². The van der Waals surface area contributed by atoms with Crippen LogP contribution in [-0.4, -0.2) is 29.9 Å².